The van der Waals surface area contributed by atoms with E-state index in [0.29, 0.717) is 25.2 Å². The number of hydrogen-bond donors (Lipinski definition) is 2. The summed E-state index contributed by atoms with van der Waals surface area (Å²) in [5.74, 6) is 0.244. The number of carbonyl (C=O) groups is 2. The highest BCUT2D eigenvalue weighted by Gasteiger charge is 2.29. The van der Waals surface area contributed by atoms with E-state index >= 15 is 0 Å². The molecule has 26 heavy (non-hydrogen) atoms. The van der Waals surface area contributed by atoms with Crippen molar-refractivity contribution >= 4 is 17.5 Å². The van der Waals surface area contributed by atoms with Crippen LogP contribution in [0.2, 0.25) is 0 Å². The molecule has 0 heterocycles. The van der Waals surface area contributed by atoms with Crippen LogP contribution in [-0.2, 0) is 11.3 Å². The van der Waals surface area contributed by atoms with Gasteiger partial charge in [-0.3, -0.25) is 9.59 Å². The molecule has 0 spiro atoms. The molecule has 2 aromatic rings. The lowest BCUT2D eigenvalue weighted by atomic mass is 10.1. The Bertz CT molecular complexity index is 757. The molecule has 1 aliphatic rings. The predicted octanol–water partition coefficient (Wildman–Crippen LogP) is 3.03. The van der Waals surface area contributed by atoms with Gasteiger partial charge < -0.3 is 16.0 Å². The molecule has 136 valence electrons. The lowest BCUT2D eigenvalue weighted by Gasteiger charge is -2.23. The van der Waals surface area contributed by atoms with Crippen LogP contribution >= 0.6 is 0 Å². The molecule has 0 radical (unpaired) electrons. The lowest BCUT2D eigenvalue weighted by Crippen LogP contribution is -2.32. The number of nitrogens with two attached hydrogens (primary N) is 1. The van der Waals surface area contributed by atoms with Crippen LogP contribution in [0.15, 0.2) is 54.6 Å². The number of anilines is 1. The Labute approximate surface area is 154 Å². The van der Waals surface area contributed by atoms with E-state index < -0.39 is 0 Å². The number of benzene rings is 2. The Morgan fingerprint density at radius 1 is 1.08 bits per heavy atom. The fourth-order valence-corrected chi connectivity index (χ4v) is 2.86. The minimum atomic E-state index is -0.00790. The minimum absolute atomic E-state index is 0.00790. The second-order valence-electron chi connectivity index (χ2n) is 6.70. The fraction of sp³-hybridized carbons (Fsp3) is 0.333. The van der Waals surface area contributed by atoms with Crippen molar-refractivity contribution in [2.24, 2.45) is 11.7 Å². The summed E-state index contributed by atoms with van der Waals surface area (Å²) in [6.45, 7) is 1.62. The monoisotopic (exact) mass is 351 g/mol. The molecule has 0 atom stereocenters. The van der Waals surface area contributed by atoms with Crippen LogP contribution < -0.4 is 11.1 Å². The summed E-state index contributed by atoms with van der Waals surface area (Å²) in [6, 6.07) is 17.0. The molecule has 1 fully saturated rings. The van der Waals surface area contributed by atoms with E-state index in [1.54, 1.807) is 0 Å². The number of nitrogens with one attached hydrogen (secondary N) is 1. The Morgan fingerprint density at radius 3 is 2.54 bits per heavy atom. The topological polar surface area (TPSA) is 75.4 Å². The van der Waals surface area contributed by atoms with Gasteiger partial charge in [-0.25, -0.2) is 0 Å². The fourth-order valence-electron chi connectivity index (χ4n) is 2.86. The van der Waals surface area contributed by atoms with Gasteiger partial charge in [-0.2, -0.15) is 0 Å². The average molecular weight is 351 g/mol. The zero-order valence-corrected chi connectivity index (χ0v) is 14.9. The van der Waals surface area contributed by atoms with Crippen molar-refractivity contribution < 1.29 is 9.59 Å². The number of amides is 2. The van der Waals surface area contributed by atoms with E-state index in [9.17, 15) is 9.59 Å². The van der Waals surface area contributed by atoms with Gasteiger partial charge in [0.15, 0.2) is 0 Å². The van der Waals surface area contributed by atoms with Gasteiger partial charge in [0.05, 0.1) is 0 Å². The predicted molar refractivity (Wildman–Crippen MR) is 103 cm³/mol. The first kappa shape index (κ1) is 18.1. The Morgan fingerprint density at radius 2 is 1.85 bits per heavy atom. The lowest BCUT2D eigenvalue weighted by molar-refractivity contribution is -0.117. The largest absolute Gasteiger partial charge is 0.334 e. The summed E-state index contributed by atoms with van der Waals surface area (Å²) in [5, 5.41) is 2.96. The van der Waals surface area contributed by atoms with Crippen LogP contribution in [0.5, 0.6) is 0 Å². The van der Waals surface area contributed by atoms with Crippen LogP contribution in [0.3, 0.4) is 0 Å². The summed E-state index contributed by atoms with van der Waals surface area (Å²) in [4.78, 5) is 26.6. The van der Waals surface area contributed by atoms with E-state index in [2.05, 4.69) is 5.32 Å². The van der Waals surface area contributed by atoms with Crippen LogP contribution in [-0.4, -0.2) is 29.8 Å². The molecule has 0 bridgehead atoms. The van der Waals surface area contributed by atoms with Crippen molar-refractivity contribution in [3.8, 4) is 0 Å². The summed E-state index contributed by atoms with van der Waals surface area (Å²) < 4.78 is 0. The standard InChI is InChI=1S/C21H25N3O2/c22-12-5-13-24(21(26)18-7-2-1-3-8-18)15-16-6-4-9-19(14-16)23-20(25)17-10-11-17/h1-4,6-9,14,17H,5,10-13,15,22H2,(H,23,25). The van der Waals surface area contributed by atoms with Gasteiger partial charge in [0, 0.05) is 30.3 Å². The van der Waals surface area contributed by atoms with Gasteiger partial charge in [-0.1, -0.05) is 30.3 Å². The molecule has 0 aliphatic heterocycles. The van der Waals surface area contributed by atoms with Gasteiger partial charge in [0.25, 0.3) is 5.91 Å². The molecule has 2 amide bonds. The first-order chi connectivity index (χ1) is 12.7. The van der Waals surface area contributed by atoms with Crippen molar-refractivity contribution in [2.45, 2.75) is 25.8 Å². The SMILES string of the molecule is NCCCN(Cc1cccc(NC(=O)C2CC2)c1)C(=O)c1ccccc1. The highest BCUT2D eigenvalue weighted by atomic mass is 16.2. The van der Waals surface area contributed by atoms with E-state index in [0.717, 1.165) is 30.5 Å². The second kappa shape index (κ2) is 8.63. The van der Waals surface area contributed by atoms with Crippen molar-refractivity contribution in [1.29, 1.82) is 0 Å². The first-order valence-electron chi connectivity index (χ1n) is 9.11. The van der Waals surface area contributed by atoms with Gasteiger partial charge >= 0.3 is 0 Å². The van der Waals surface area contributed by atoms with Crippen molar-refractivity contribution in [3.63, 3.8) is 0 Å². The maximum atomic E-state index is 12.8. The number of carbonyl (C=O) groups excluding carboxylic acids is 2. The summed E-state index contributed by atoms with van der Waals surface area (Å²) in [5.41, 5.74) is 8.07. The number of hydrogen-bond acceptors (Lipinski definition) is 3. The molecular formula is C21H25N3O2. The van der Waals surface area contributed by atoms with Gasteiger partial charge in [0.1, 0.15) is 0 Å². The molecule has 3 rings (SSSR count). The number of nitrogens with zero attached hydrogens (tertiary/aromatic N) is 1. The number of rotatable bonds is 8. The quantitative estimate of drug-likeness (QED) is 0.767. The summed E-state index contributed by atoms with van der Waals surface area (Å²) in [7, 11) is 0. The van der Waals surface area contributed by atoms with Crippen LogP contribution in [0.4, 0.5) is 5.69 Å². The summed E-state index contributed by atoms with van der Waals surface area (Å²) >= 11 is 0. The molecular weight excluding hydrogens is 326 g/mol. The highest BCUT2D eigenvalue weighted by Crippen LogP contribution is 2.30. The normalized spacial score (nSPS) is 13.3. The molecule has 1 saturated carbocycles. The molecule has 2 aromatic carbocycles. The smallest absolute Gasteiger partial charge is 0.254 e. The van der Waals surface area contributed by atoms with Gasteiger partial charge in [0.2, 0.25) is 5.91 Å². The minimum Gasteiger partial charge on any atom is -0.334 e. The first-order valence-corrected chi connectivity index (χ1v) is 9.11. The molecule has 0 aromatic heterocycles. The molecule has 0 unspecified atom stereocenters. The third-order valence-electron chi connectivity index (χ3n) is 4.46. The van der Waals surface area contributed by atoms with Crippen molar-refractivity contribution in [2.75, 3.05) is 18.4 Å². The zero-order valence-electron chi connectivity index (χ0n) is 14.9. The third kappa shape index (κ3) is 4.92. The van der Waals surface area contributed by atoms with Gasteiger partial charge in [-0.15, -0.1) is 0 Å². The molecule has 0 saturated heterocycles. The molecule has 5 nitrogen and oxygen atoms in total. The van der Waals surface area contributed by atoms with Gasteiger partial charge in [-0.05, 0) is 55.6 Å². The Hall–Kier alpha value is -2.66. The van der Waals surface area contributed by atoms with E-state index in [1.165, 1.54) is 0 Å². The maximum absolute atomic E-state index is 12.8. The summed E-state index contributed by atoms with van der Waals surface area (Å²) in [6.07, 6.45) is 2.70. The Kier molecular flexibility index (Phi) is 6.02. The van der Waals surface area contributed by atoms with Crippen LogP contribution in [0.1, 0.15) is 35.2 Å². The van der Waals surface area contributed by atoms with Crippen molar-refractivity contribution in [1.82, 2.24) is 4.90 Å². The second-order valence-corrected chi connectivity index (χ2v) is 6.70. The third-order valence-corrected chi connectivity index (χ3v) is 4.46. The zero-order chi connectivity index (χ0) is 18.4. The van der Waals surface area contributed by atoms with E-state index in [1.807, 2.05) is 59.5 Å². The van der Waals surface area contributed by atoms with E-state index in [-0.39, 0.29) is 17.7 Å². The Balaban J connectivity index is 1.71. The van der Waals surface area contributed by atoms with Crippen LogP contribution in [0, 0.1) is 5.92 Å². The molecule has 1 aliphatic carbocycles. The highest BCUT2D eigenvalue weighted by molar-refractivity contribution is 5.95. The van der Waals surface area contributed by atoms with Crippen LogP contribution in [0.25, 0.3) is 0 Å². The molecule has 3 N–H and O–H groups in total. The molecule has 5 heteroatoms. The average Bonchev–Trinajstić information content (AvgIpc) is 3.51. The van der Waals surface area contributed by atoms with E-state index in [4.69, 9.17) is 5.73 Å². The van der Waals surface area contributed by atoms with Crippen molar-refractivity contribution in [3.05, 3.63) is 65.7 Å². The maximum Gasteiger partial charge on any atom is 0.254 e.